The summed E-state index contributed by atoms with van der Waals surface area (Å²) in [7, 11) is 0. The first kappa shape index (κ1) is 18.6. The minimum Gasteiger partial charge on any atom is -0.460 e. The summed E-state index contributed by atoms with van der Waals surface area (Å²) in [5.74, 6) is 0.597. The number of thiazole rings is 1. The van der Waals surface area contributed by atoms with Gasteiger partial charge in [0.25, 0.3) is 5.91 Å². The van der Waals surface area contributed by atoms with Crippen LogP contribution >= 0.6 is 11.3 Å². The zero-order valence-corrected chi connectivity index (χ0v) is 16.7. The van der Waals surface area contributed by atoms with Gasteiger partial charge in [0.2, 0.25) is 0 Å². The Labute approximate surface area is 167 Å². The number of carbonyl (C=O) groups is 1. The lowest BCUT2D eigenvalue weighted by molar-refractivity contribution is 0.0958. The van der Waals surface area contributed by atoms with Gasteiger partial charge in [-0.1, -0.05) is 36.5 Å². The van der Waals surface area contributed by atoms with E-state index in [0.717, 1.165) is 46.9 Å². The molecule has 1 amide bonds. The van der Waals surface area contributed by atoms with Crippen molar-refractivity contribution in [1.82, 2.24) is 10.4 Å². The molecule has 1 aliphatic heterocycles. The summed E-state index contributed by atoms with van der Waals surface area (Å²) in [5.41, 5.74) is 5.05. The number of carbonyl (C=O) groups excluding carboxylic acids is 1. The first-order chi connectivity index (χ1) is 13.7. The van der Waals surface area contributed by atoms with Crippen molar-refractivity contribution in [2.24, 2.45) is 5.10 Å². The number of anilines is 1. The SMILES string of the molecule is CCc1oc2ccccc2c1/C=N\NC(=O)c1sc(N2CCOCC2)nc1C. The van der Waals surface area contributed by atoms with Crippen LogP contribution in [0.1, 0.15) is 33.6 Å². The van der Waals surface area contributed by atoms with Crippen molar-refractivity contribution in [1.29, 1.82) is 0 Å². The van der Waals surface area contributed by atoms with E-state index in [0.29, 0.717) is 23.8 Å². The average molecular weight is 398 g/mol. The quantitative estimate of drug-likeness (QED) is 0.527. The van der Waals surface area contributed by atoms with E-state index in [9.17, 15) is 4.79 Å². The number of hydrogen-bond donors (Lipinski definition) is 1. The Morgan fingerprint density at radius 3 is 2.93 bits per heavy atom. The molecule has 0 radical (unpaired) electrons. The third kappa shape index (κ3) is 3.65. The van der Waals surface area contributed by atoms with Gasteiger partial charge in [-0.2, -0.15) is 5.10 Å². The Morgan fingerprint density at radius 2 is 2.14 bits per heavy atom. The molecule has 2 aromatic heterocycles. The molecule has 28 heavy (non-hydrogen) atoms. The van der Waals surface area contributed by atoms with Crippen molar-refractivity contribution in [3.05, 3.63) is 46.2 Å². The number of aryl methyl sites for hydroxylation is 2. The fourth-order valence-electron chi connectivity index (χ4n) is 3.21. The number of nitrogens with zero attached hydrogens (tertiary/aromatic N) is 3. The summed E-state index contributed by atoms with van der Waals surface area (Å²) in [6.07, 6.45) is 2.41. The van der Waals surface area contributed by atoms with E-state index < -0.39 is 0 Å². The van der Waals surface area contributed by atoms with Crippen LogP contribution in [-0.2, 0) is 11.2 Å². The molecule has 0 unspecified atom stereocenters. The van der Waals surface area contributed by atoms with Crippen molar-refractivity contribution in [2.75, 3.05) is 31.2 Å². The highest BCUT2D eigenvalue weighted by Crippen LogP contribution is 2.27. The molecule has 1 aliphatic rings. The molecule has 1 aromatic carbocycles. The van der Waals surface area contributed by atoms with Crippen LogP contribution in [0.25, 0.3) is 11.0 Å². The summed E-state index contributed by atoms with van der Waals surface area (Å²) in [5, 5.41) is 6.01. The molecule has 7 nitrogen and oxygen atoms in total. The molecule has 0 aliphatic carbocycles. The van der Waals surface area contributed by atoms with Crippen LogP contribution in [-0.4, -0.2) is 43.4 Å². The van der Waals surface area contributed by atoms with Crippen molar-refractivity contribution >= 4 is 39.6 Å². The maximum atomic E-state index is 12.6. The first-order valence-electron chi connectivity index (χ1n) is 9.31. The topological polar surface area (TPSA) is 80.0 Å². The van der Waals surface area contributed by atoms with Crippen LogP contribution in [0.5, 0.6) is 0 Å². The molecule has 146 valence electrons. The molecule has 1 fully saturated rings. The summed E-state index contributed by atoms with van der Waals surface area (Å²) in [4.78, 5) is 19.9. The molecule has 4 rings (SSSR count). The Balaban J connectivity index is 1.50. The summed E-state index contributed by atoms with van der Waals surface area (Å²) in [6.45, 7) is 6.82. The largest absolute Gasteiger partial charge is 0.460 e. The maximum absolute atomic E-state index is 12.6. The number of furan rings is 1. The van der Waals surface area contributed by atoms with Gasteiger partial charge in [-0.3, -0.25) is 4.79 Å². The number of benzene rings is 1. The van der Waals surface area contributed by atoms with Crippen LogP contribution in [0.15, 0.2) is 33.8 Å². The Morgan fingerprint density at radius 1 is 1.36 bits per heavy atom. The van der Waals surface area contributed by atoms with E-state index in [1.165, 1.54) is 11.3 Å². The number of morpholine rings is 1. The van der Waals surface area contributed by atoms with E-state index >= 15 is 0 Å². The second-order valence-corrected chi connectivity index (χ2v) is 7.48. The minimum absolute atomic E-state index is 0.253. The molecule has 3 aromatic rings. The Bertz CT molecular complexity index is 1020. The molecule has 8 heteroatoms. The number of ether oxygens (including phenoxy) is 1. The number of amides is 1. The van der Waals surface area contributed by atoms with Crippen LogP contribution in [0.3, 0.4) is 0 Å². The number of nitrogens with one attached hydrogen (secondary N) is 1. The second kappa shape index (κ2) is 8.12. The normalized spacial score (nSPS) is 14.9. The van der Waals surface area contributed by atoms with Crippen LogP contribution < -0.4 is 10.3 Å². The highest BCUT2D eigenvalue weighted by atomic mass is 32.1. The second-order valence-electron chi connectivity index (χ2n) is 6.50. The molecular weight excluding hydrogens is 376 g/mol. The summed E-state index contributed by atoms with van der Waals surface area (Å²) >= 11 is 1.39. The minimum atomic E-state index is -0.253. The highest BCUT2D eigenvalue weighted by Gasteiger charge is 2.20. The predicted molar refractivity (Wildman–Crippen MR) is 111 cm³/mol. The highest BCUT2D eigenvalue weighted by molar-refractivity contribution is 7.17. The molecule has 1 N–H and O–H groups in total. The Hall–Kier alpha value is -2.71. The lowest BCUT2D eigenvalue weighted by atomic mass is 10.1. The summed E-state index contributed by atoms with van der Waals surface area (Å²) < 4.78 is 11.2. The standard InChI is InChI=1S/C20H22N4O3S/c1-3-16-15(14-6-4-5-7-17(14)27-16)12-21-23-19(25)18-13(2)22-20(28-18)24-8-10-26-11-9-24/h4-7,12H,3,8-11H2,1-2H3,(H,23,25)/b21-12-. The van der Waals surface area contributed by atoms with Crippen molar-refractivity contribution in [3.8, 4) is 0 Å². The fourth-order valence-corrected chi connectivity index (χ4v) is 4.22. The number of rotatable bonds is 5. The van der Waals surface area contributed by atoms with Crippen LogP contribution in [0.4, 0.5) is 5.13 Å². The number of hydrazone groups is 1. The Kier molecular flexibility index (Phi) is 5.40. The van der Waals surface area contributed by atoms with Gasteiger partial charge in [-0.25, -0.2) is 10.4 Å². The zero-order chi connectivity index (χ0) is 19.5. The number of aromatic nitrogens is 1. The molecule has 0 spiro atoms. The van der Waals surface area contributed by atoms with Gasteiger partial charge in [0.05, 0.1) is 25.1 Å². The van der Waals surface area contributed by atoms with Gasteiger partial charge in [0.15, 0.2) is 5.13 Å². The molecule has 0 saturated carbocycles. The van der Waals surface area contributed by atoms with E-state index in [4.69, 9.17) is 9.15 Å². The molecular formula is C20H22N4O3S. The summed E-state index contributed by atoms with van der Waals surface area (Å²) in [6, 6.07) is 7.81. The van der Waals surface area contributed by atoms with E-state index in [1.54, 1.807) is 6.21 Å². The van der Waals surface area contributed by atoms with Gasteiger partial charge < -0.3 is 14.1 Å². The van der Waals surface area contributed by atoms with Gasteiger partial charge in [-0.15, -0.1) is 0 Å². The molecule has 0 atom stereocenters. The predicted octanol–water partition coefficient (Wildman–Crippen LogP) is 3.36. The van der Waals surface area contributed by atoms with Crippen molar-refractivity contribution in [2.45, 2.75) is 20.3 Å². The first-order valence-corrected chi connectivity index (χ1v) is 10.1. The monoisotopic (exact) mass is 398 g/mol. The molecule has 0 bridgehead atoms. The third-order valence-corrected chi connectivity index (χ3v) is 5.88. The lowest BCUT2D eigenvalue weighted by Gasteiger charge is -2.25. The van der Waals surface area contributed by atoms with E-state index in [2.05, 4.69) is 20.4 Å². The fraction of sp³-hybridized carbons (Fsp3) is 0.350. The van der Waals surface area contributed by atoms with Gasteiger partial charge >= 0.3 is 0 Å². The van der Waals surface area contributed by atoms with Crippen LogP contribution in [0, 0.1) is 6.92 Å². The molecule has 1 saturated heterocycles. The number of fused-ring (bicyclic) bond motifs is 1. The third-order valence-electron chi connectivity index (χ3n) is 4.66. The van der Waals surface area contributed by atoms with Gasteiger partial charge in [-0.05, 0) is 13.0 Å². The van der Waals surface area contributed by atoms with Crippen LogP contribution in [0.2, 0.25) is 0 Å². The van der Waals surface area contributed by atoms with Gasteiger partial charge in [0.1, 0.15) is 16.2 Å². The molecule has 3 heterocycles. The lowest BCUT2D eigenvalue weighted by Crippen LogP contribution is -2.36. The van der Waals surface area contributed by atoms with E-state index in [1.807, 2.05) is 38.1 Å². The van der Waals surface area contributed by atoms with E-state index in [-0.39, 0.29) is 5.91 Å². The smallest absolute Gasteiger partial charge is 0.283 e. The average Bonchev–Trinajstić information content (AvgIpc) is 3.29. The zero-order valence-electron chi connectivity index (χ0n) is 15.9. The number of para-hydroxylation sites is 1. The van der Waals surface area contributed by atoms with Crippen molar-refractivity contribution < 1.29 is 13.9 Å². The van der Waals surface area contributed by atoms with Crippen molar-refractivity contribution in [3.63, 3.8) is 0 Å². The maximum Gasteiger partial charge on any atom is 0.283 e. The van der Waals surface area contributed by atoms with Gasteiger partial charge in [0, 0.05) is 30.5 Å². The number of hydrogen-bond acceptors (Lipinski definition) is 7.